The van der Waals surface area contributed by atoms with Crippen LogP contribution in [-0.2, 0) is 19.6 Å². The van der Waals surface area contributed by atoms with Gasteiger partial charge in [-0.3, -0.25) is 4.72 Å². The Labute approximate surface area is 162 Å². The molecule has 0 aliphatic rings. The topological polar surface area (TPSA) is 100 Å². The number of halogens is 1. The molecule has 146 valence electrons. The van der Waals surface area contributed by atoms with Crippen molar-refractivity contribution in [2.45, 2.75) is 4.90 Å². The summed E-state index contributed by atoms with van der Waals surface area (Å²) < 4.78 is 47.6. The second-order valence-electron chi connectivity index (χ2n) is 5.13. The molecule has 0 aliphatic heterocycles. The largest absolute Gasteiger partial charge is 0.497 e. The third-order valence-electron chi connectivity index (χ3n) is 3.44. The summed E-state index contributed by atoms with van der Waals surface area (Å²) >= 11 is 6.05. The molecule has 2 aromatic carbocycles. The molecule has 0 aromatic heterocycles. The summed E-state index contributed by atoms with van der Waals surface area (Å²) in [5.74, 6) is 0.381. The predicted molar refractivity (Wildman–Crippen MR) is 99.3 cm³/mol. The smallest absolute Gasteiger partial charge is 0.343 e. The fourth-order valence-electron chi connectivity index (χ4n) is 2.05. The number of hydrogen-bond donors (Lipinski definition) is 1. The normalized spacial score (nSPS) is 10.8. The van der Waals surface area contributed by atoms with Gasteiger partial charge in [-0.15, -0.1) is 0 Å². The van der Waals surface area contributed by atoms with Crippen LogP contribution >= 0.6 is 11.6 Å². The van der Waals surface area contributed by atoms with Gasteiger partial charge in [-0.05, 0) is 30.3 Å². The lowest BCUT2D eigenvalue weighted by Crippen LogP contribution is -2.15. The molecular formula is C17H18ClNO7S. The van der Waals surface area contributed by atoms with E-state index in [1.807, 2.05) is 0 Å². The van der Waals surface area contributed by atoms with Crippen molar-refractivity contribution in [1.29, 1.82) is 0 Å². The second-order valence-corrected chi connectivity index (χ2v) is 7.22. The predicted octanol–water partition coefficient (Wildman–Crippen LogP) is 2.71. The van der Waals surface area contributed by atoms with Gasteiger partial charge in [-0.25, -0.2) is 13.2 Å². The van der Waals surface area contributed by atoms with E-state index < -0.39 is 16.0 Å². The highest BCUT2D eigenvalue weighted by Gasteiger charge is 2.19. The van der Waals surface area contributed by atoms with E-state index in [1.54, 1.807) is 12.1 Å². The number of methoxy groups -OCH3 is 3. The maximum atomic E-state index is 12.6. The van der Waals surface area contributed by atoms with Crippen molar-refractivity contribution in [1.82, 2.24) is 0 Å². The zero-order chi connectivity index (χ0) is 20.0. The quantitative estimate of drug-likeness (QED) is 0.661. The summed E-state index contributed by atoms with van der Waals surface area (Å²) in [6.45, 7) is -0.344. The summed E-state index contributed by atoms with van der Waals surface area (Å²) in [5.41, 5.74) is 0.237. The van der Waals surface area contributed by atoms with Crippen LogP contribution in [0.25, 0.3) is 0 Å². The molecule has 0 fully saturated rings. The summed E-state index contributed by atoms with van der Waals surface area (Å²) in [6.07, 6.45) is 0. The standard InChI is InChI=1S/C17H18ClNO7S/c1-23-11-4-6-14(16(8-11)24-2)19-27(21,22)12-5-7-15(13(18)9-12)26-10-17(20)25-3/h4-9,19H,10H2,1-3H3. The van der Waals surface area contributed by atoms with Crippen molar-refractivity contribution < 1.29 is 32.2 Å². The van der Waals surface area contributed by atoms with E-state index in [2.05, 4.69) is 9.46 Å². The van der Waals surface area contributed by atoms with Crippen molar-refractivity contribution in [2.24, 2.45) is 0 Å². The van der Waals surface area contributed by atoms with Crippen LogP contribution < -0.4 is 18.9 Å². The molecule has 0 spiro atoms. The lowest BCUT2D eigenvalue weighted by atomic mass is 10.3. The van der Waals surface area contributed by atoms with Crippen molar-refractivity contribution in [2.75, 3.05) is 32.7 Å². The van der Waals surface area contributed by atoms with Gasteiger partial charge in [0, 0.05) is 6.07 Å². The van der Waals surface area contributed by atoms with Gasteiger partial charge >= 0.3 is 5.97 Å². The highest BCUT2D eigenvalue weighted by atomic mass is 35.5. The van der Waals surface area contributed by atoms with Crippen molar-refractivity contribution in [3.8, 4) is 17.2 Å². The molecule has 10 heteroatoms. The number of esters is 1. The van der Waals surface area contributed by atoms with Crippen LogP contribution in [0.2, 0.25) is 5.02 Å². The lowest BCUT2D eigenvalue weighted by Gasteiger charge is -2.14. The highest BCUT2D eigenvalue weighted by Crippen LogP contribution is 2.32. The van der Waals surface area contributed by atoms with Crippen LogP contribution in [0.5, 0.6) is 17.2 Å². The van der Waals surface area contributed by atoms with E-state index in [9.17, 15) is 13.2 Å². The number of ether oxygens (including phenoxy) is 4. The van der Waals surface area contributed by atoms with E-state index in [-0.39, 0.29) is 28.0 Å². The number of benzene rings is 2. The third kappa shape index (κ3) is 5.18. The van der Waals surface area contributed by atoms with E-state index in [1.165, 1.54) is 45.6 Å². The minimum Gasteiger partial charge on any atom is -0.497 e. The lowest BCUT2D eigenvalue weighted by molar-refractivity contribution is -0.142. The van der Waals surface area contributed by atoms with Gasteiger partial charge in [-0.2, -0.15) is 0 Å². The molecule has 0 unspecified atom stereocenters. The Bertz CT molecular complexity index is 931. The van der Waals surface area contributed by atoms with Crippen LogP contribution in [0.3, 0.4) is 0 Å². The highest BCUT2D eigenvalue weighted by molar-refractivity contribution is 7.92. The van der Waals surface area contributed by atoms with Gasteiger partial charge in [0.15, 0.2) is 6.61 Å². The zero-order valence-corrected chi connectivity index (χ0v) is 16.4. The monoisotopic (exact) mass is 415 g/mol. The number of nitrogens with one attached hydrogen (secondary N) is 1. The summed E-state index contributed by atoms with van der Waals surface area (Å²) in [7, 11) is 0.185. The van der Waals surface area contributed by atoms with Gasteiger partial charge in [-0.1, -0.05) is 11.6 Å². The molecular weight excluding hydrogens is 398 g/mol. The fraction of sp³-hybridized carbons (Fsp3) is 0.235. The maximum absolute atomic E-state index is 12.6. The van der Waals surface area contributed by atoms with Crippen molar-refractivity contribution in [3.63, 3.8) is 0 Å². The van der Waals surface area contributed by atoms with Crippen LogP contribution in [0, 0.1) is 0 Å². The first-order chi connectivity index (χ1) is 12.8. The number of rotatable bonds is 8. The molecule has 2 aromatic rings. The maximum Gasteiger partial charge on any atom is 0.343 e. The first-order valence-electron chi connectivity index (χ1n) is 7.54. The molecule has 8 nitrogen and oxygen atoms in total. The molecule has 0 atom stereocenters. The molecule has 27 heavy (non-hydrogen) atoms. The first kappa shape index (κ1) is 20.7. The van der Waals surface area contributed by atoms with Gasteiger partial charge in [0.05, 0.1) is 36.9 Å². The first-order valence-corrected chi connectivity index (χ1v) is 9.41. The van der Waals surface area contributed by atoms with Crippen molar-refractivity contribution in [3.05, 3.63) is 41.4 Å². The van der Waals surface area contributed by atoms with E-state index in [0.29, 0.717) is 11.5 Å². The summed E-state index contributed by atoms with van der Waals surface area (Å²) in [4.78, 5) is 11.0. The van der Waals surface area contributed by atoms with E-state index in [4.69, 9.17) is 25.8 Å². The second kappa shape index (κ2) is 8.83. The molecule has 0 aliphatic carbocycles. The van der Waals surface area contributed by atoms with Crippen LogP contribution in [0.4, 0.5) is 5.69 Å². The number of sulfonamides is 1. The molecule has 0 bridgehead atoms. The van der Waals surface area contributed by atoms with Gasteiger partial charge in [0.25, 0.3) is 10.0 Å². The molecule has 0 saturated carbocycles. The summed E-state index contributed by atoms with van der Waals surface area (Å²) in [6, 6.07) is 8.53. The minimum atomic E-state index is -3.94. The Balaban J connectivity index is 2.24. The fourth-order valence-corrected chi connectivity index (χ4v) is 3.44. The average molecular weight is 416 g/mol. The summed E-state index contributed by atoms with van der Waals surface area (Å²) in [5, 5.41) is 0.0310. The van der Waals surface area contributed by atoms with Gasteiger partial charge in [0.2, 0.25) is 0 Å². The number of hydrogen-bond acceptors (Lipinski definition) is 7. The van der Waals surface area contributed by atoms with Crippen molar-refractivity contribution >= 4 is 33.3 Å². The van der Waals surface area contributed by atoms with E-state index >= 15 is 0 Å². The molecule has 0 amide bonds. The van der Waals surface area contributed by atoms with Gasteiger partial charge < -0.3 is 18.9 Å². The Hall–Kier alpha value is -2.65. The SMILES string of the molecule is COC(=O)COc1ccc(S(=O)(=O)Nc2ccc(OC)cc2OC)cc1Cl. The third-order valence-corrected chi connectivity index (χ3v) is 5.10. The van der Waals surface area contributed by atoms with Gasteiger partial charge in [0.1, 0.15) is 17.2 Å². The molecule has 0 heterocycles. The van der Waals surface area contributed by atoms with Crippen LogP contribution in [-0.4, -0.2) is 42.3 Å². The van der Waals surface area contributed by atoms with Crippen LogP contribution in [0.15, 0.2) is 41.3 Å². The average Bonchev–Trinajstić information content (AvgIpc) is 2.66. The Morgan fingerprint density at radius 2 is 1.78 bits per heavy atom. The molecule has 1 N–H and O–H groups in total. The molecule has 0 radical (unpaired) electrons. The number of carbonyl (C=O) groups is 1. The van der Waals surface area contributed by atoms with Crippen LogP contribution in [0.1, 0.15) is 0 Å². The number of anilines is 1. The Morgan fingerprint density at radius 3 is 2.37 bits per heavy atom. The Kier molecular flexibility index (Phi) is 6.75. The molecule has 2 rings (SSSR count). The Morgan fingerprint density at radius 1 is 1.04 bits per heavy atom. The minimum absolute atomic E-state index is 0.0310. The molecule has 0 saturated heterocycles. The van der Waals surface area contributed by atoms with E-state index in [0.717, 1.165) is 0 Å². The zero-order valence-electron chi connectivity index (χ0n) is 14.8. The number of carbonyl (C=O) groups excluding carboxylic acids is 1.